The standard InChI is InChI=1S/C25H21F2NO3/c1-13-12-20(30-4)14(2)11-18(13)17-9-10-19-21(23(17)27)22(25(29)28-3)24(31-19)15-5-7-16(26)8-6-15/h5-12H,1-4H3,(H,28,29). The van der Waals surface area contributed by atoms with E-state index in [1.54, 1.807) is 19.2 Å². The van der Waals surface area contributed by atoms with Gasteiger partial charge in [-0.15, -0.1) is 0 Å². The molecule has 0 saturated carbocycles. The molecule has 1 aromatic heterocycles. The molecule has 0 fully saturated rings. The van der Waals surface area contributed by atoms with Gasteiger partial charge in [0.15, 0.2) is 0 Å². The number of methoxy groups -OCH3 is 1. The Labute approximate surface area is 178 Å². The molecule has 0 spiro atoms. The monoisotopic (exact) mass is 421 g/mol. The van der Waals surface area contributed by atoms with Crippen LogP contribution in [0.25, 0.3) is 33.4 Å². The number of hydrogen-bond donors (Lipinski definition) is 1. The zero-order valence-corrected chi connectivity index (χ0v) is 17.6. The summed E-state index contributed by atoms with van der Waals surface area (Å²) >= 11 is 0. The Bertz CT molecular complexity index is 1310. The lowest BCUT2D eigenvalue weighted by Crippen LogP contribution is -2.18. The lowest BCUT2D eigenvalue weighted by atomic mass is 9.95. The number of benzene rings is 3. The van der Waals surface area contributed by atoms with Crippen LogP contribution in [0.2, 0.25) is 0 Å². The van der Waals surface area contributed by atoms with Crippen molar-refractivity contribution in [3.63, 3.8) is 0 Å². The first kappa shape index (κ1) is 20.6. The molecular formula is C25H21F2NO3. The molecule has 1 heterocycles. The van der Waals surface area contributed by atoms with E-state index in [2.05, 4.69) is 5.32 Å². The molecular weight excluding hydrogens is 400 g/mol. The maximum Gasteiger partial charge on any atom is 0.255 e. The highest BCUT2D eigenvalue weighted by atomic mass is 19.1. The second-order valence-electron chi connectivity index (χ2n) is 7.33. The van der Waals surface area contributed by atoms with Gasteiger partial charge < -0.3 is 14.5 Å². The Morgan fingerprint density at radius 2 is 1.68 bits per heavy atom. The first-order valence-corrected chi connectivity index (χ1v) is 9.74. The fourth-order valence-electron chi connectivity index (χ4n) is 3.80. The van der Waals surface area contributed by atoms with Gasteiger partial charge in [-0.05, 0) is 79.1 Å². The summed E-state index contributed by atoms with van der Waals surface area (Å²) in [6.45, 7) is 3.76. The number of fused-ring (bicyclic) bond motifs is 1. The van der Waals surface area contributed by atoms with E-state index in [0.29, 0.717) is 16.7 Å². The van der Waals surface area contributed by atoms with Gasteiger partial charge in [-0.1, -0.05) is 0 Å². The maximum absolute atomic E-state index is 15.9. The quantitative estimate of drug-likeness (QED) is 0.438. The van der Waals surface area contributed by atoms with E-state index in [-0.39, 0.29) is 22.3 Å². The number of halogens is 2. The molecule has 0 aliphatic carbocycles. The Balaban J connectivity index is 2.01. The number of rotatable bonds is 4. The predicted octanol–water partition coefficient (Wildman–Crippen LogP) is 6.03. The van der Waals surface area contributed by atoms with Gasteiger partial charge in [-0.2, -0.15) is 0 Å². The van der Waals surface area contributed by atoms with Crippen LogP contribution in [0.5, 0.6) is 5.75 Å². The van der Waals surface area contributed by atoms with E-state index in [1.807, 2.05) is 26.0 Å². The van der Waals surface area contributed by atoms with Crippen molar-refractivity contribution in [1.82, 2.24) is 5.32 Å². The topological polar surface area (TPSA) is 51.5 Å². The molecule has 4 nitrogen and oxygen atoms in total. The molecule has 6 heteroatoms. The summed E-state index contributed by atoms with van der Waals surface area (Å²) in [7, 11) is 3.06. The lowest BCUT2D eigenvalue weighted by Gasteiger charge is -2.13. The van der Waals surface area contributed by atoms with Crippen LogP contribution in [0.3, 0.4) is 0 Å². The smallest absolute Gasteiger partial charge is 0.255 e. The highest BCUT2D eigenvalue weighted by Crippen LogP contribution is 2.40. The predicted molar refractivity (Wildman–Crippen MR) is 116 cm³/mol. The minimum Gasteiger partial charge on any atom is -0.496 e. The fraction of sp³-hybridized carbons (Fsp3) is 0.160. The lowest BCUT2D eigenvalue weighted by molar-refractivity contribution is 0.0964. The van der Waals surface area contributed by atoms with Gasteiger partial charge in [0.25, 0.3) is 5.91 Å². The van der Waals surface area contributed by atoms with Crippen LogP contribution < -0.4 is 10.1 Å². The molecule has 158 valence electrons. The summed E-state index contributed by atoms with van der Waals surface area (Å²) < 4.78 is 40.5. The summed E-state index contributed by atoms with van der Waals surface area (Å²) in [6, 6.07) is 12.5. The fourth-order valence-corrected chi connectivity index (χ4v) is 3.80. The summed E-state index contributed by atoms with van der Waals surface area (Å²) in [6.07, 6.45) is 0. The number of furan rings is 1. The molecule has 0 saturated heterocycles. The van der Waals surface area contributed by atoms with Crippen LogP contribution in [-0.4, -0.2) is 20.1 Å². The third-order valence-corrected chi connectivity index (χ3v) is 5.39. The first-order chi connectivity index (χ1) is 14.8. The Morgan fingerprint density at radius 1 is 0.968 bits per heavy atom. The summed E-state index contributed by atoms with van der Waals surface area (Å²) in [5.74, 6) is -0.554. The van der Waals surface area contributed by atoms with E-state index in [4.69, 9.17) is 9.15 Å². The van der Waals surface area contributed by atoms with Crippen molar-refractivity contribution in [2.24, 2.45) is 0 Å². The molecule has 1 amide bonds. The normalized spacial score (nSPS) is 11.0. The van der Waals surface area contributed by atoms with E-state index in [0.717, 1.165) is 16.9 Å². The zero-order valence-electron chi connectivity index (χ0n) is 17.6. The van der Waals surface area contributed by atoms with Crippen molar-refractivity contribution in [3.05, 3.63) is 76.9 Å². The number of aryl methyl sites for hydroxylation is 2. The summed E-state index contributed by atoms with van der Waals surface area (Å²) in [4.78, 5) is 12.7. The van der Waals surface area contributed by atoms with Gasteiger partial charge in [0.1, 0.15) is 28.7 Å². The van der Waals surface area contributed by atoms with E-state index >= 15 is 4.39 Å². The molecule has 31 heavy (non-hydrogen) atoms. The Morgan fingerprint density at radius 3 is 2.32 bits per heavy atom. The molecule has 3 aromatic carbocycles. The highest BCUT2D eigenvalue weighted by Gasteiger charge is 2.26. The van der Waals surface area contributed by atoms with Gasteiger partial charge in [0.05, 0.1) is 18.1 Å². The van der Waals surface area contributed by atoms with E-state index < -0.39 is 17.5 Å². The number of nitrogens with one attached hydrogen (secondary N) is 1. The molecule has 0 unspecified atom stereocenters. The van der Waals surface area contributed by atoms with Crippen molar-refractivity contribution in [2.75, 3.05) is 14.2 Å². The molecule has 0 bridgehead atoms. The number of ether oxygens (including phenoxy) is 1. The third kappa shape index (κ3) is 3.44. The number of carbonyl (C=O) groups excluding carboxylic acids is 1. The van der Waals surface area contributed by atoms with Crippen LogP contribution >= 0.6 is 0 Å². The molecule has 0 radical (unpaired) electrons. The number of amides is 1. The highest BCUT2D eigenvalue weighted by molar-refractivity contribution is 6.12. The SMILES string of the molecule is CNC(=O)c1c(-c2ccc(F)cc2)oc2ccc(-c3cc(C)c(OC)cc3C)c(F)c12. The van der Waals surface area contributed by atoms with Crippen LogP contribution in [0.4, 0.5) is 8.78 Å². The Hall–Kier alpha value is -3.67. The summed E-state index contributed by atoms with van der Waals surface area (Å²) in [5.41, 5.74) is 3.55. The maximum atomic E-state index is 15.9. The second kappa shape index (κ2) is 7.87. The van der Waals surface area contributed by atoms with Crippen molar-refractivity contribution in [1.29, 1.82) is 0 Å². The third-order valence-electron chi connectivity index (χ3n) is 5.39. The van der Waals surface area contributed by atoms with Crippen LogP contribution in [0, 0.1) is 25.5 Å². The molecule has 0 atom stereocenters. The molecule has 1 N–H and O–H groups in total. The van der Waals surface area contributed by atoms with Gasteiger partial charge in [0.2, 0.25) is 0 Å². The molecule has 4 rings (SSSR count). The van der Waals surface area contributed by atoms with Gasteiger partial charge in [0, 0.05) is 18.2 Å². The van der Waals surface area contributed by atoms with Gasteiger partial charge >= 0.3 is 0 Å². The number of carbonyl (C=O) groups is 1. The van der Waals surface area contributed by atoms with Crippen molar-refractivity contribution < 1.29 is 22.7 Å². The second-order valence-corrected chi connectivity index (χ2v) is 7.33. The van der Waals surface area contributed by atoms with Gasteiger partial charge in [-0.25, -0.2) is 8.78 Å². The number of hydrogen-bond acceptors (Lipinski definition) is 3. The van der Waals surface area contributed by atoms with Crippen LogP contribution in [0.1, 0.15) is 21.5 Å². The largest absolute Gasteiger partial charge is 0.496 e. The Kier molecular flexibility index (Phi) is 5.23. The zero-order chi connectivity index (χ0) is 22.3. The molecule has 4 aromatic rings. The summed E-state index contributed by atoms with van der Waals surface area (Å²) in [5, 5.41) is 2.63. The average molecular weight is 421 g/mol. The van der Waals surface area contributed by atoms with Crippen LogP contribution in [0.15, 0.2) is 52.9 Å². The van der Waals surface area contributed by atoms with Crippen molar-refractivity contribution in [2.45, 2.75) is 13.8 Å². The van der Waals surface area contributed by atoms with Crippen molar-refractivity contribution >= 4 is 16.9 Å². The van der Waals surface area contributed by atoms with E-state index in [1.165, 1.54) is 31.3 Å². The molecule has 0 aliphatic heterocycles. The molecule has 0 aliphatic rings. The average Bonchev–Trinajstić information content (AvgIpc) is 3.16. The minimum atomic E-state index is -0.555. The minimum absolute atomic E-state index is 0.0753. The van der Waals surface area contributed by atoms with E-state index in [9.17, 15) is 9.18 Å². The van der Waals surface area contributed by atoms with Crippen LogP contribution in [-0.2, 0) is 0 Å². The van der Waals surface area contributed by atoms with Gasteiger partial charge in [-0.3, -0.25) is 4.79 Å². The first-order valence-electron chi connectivity index (χ1n) is 9.74. The van der Waals surface area contributed by atoms with Crippen molar-refractivity contribution in [3.8, 4) is 28.2 Å².